The summed E-state index contributed by atoms with van der Waals surface area (Å²) in [5, 5.41) is 8.11. The van der Waals surface area contributed by atoms with Crippen LogP contribution < -0.4 is 16.0 Å². The molecule has 0 spiro atoms. The summed E-state index contributed by atoms with van der Waals surface area (Å²) in [5.74, 6) is -2.28. The van der Waals surface area contributed by atoms with Gasteiger partial charge in [0, 0.05) is 17.8 Å². The van der Waals surface area contributed by atoms with E-state index in [9.17, 15) is 18.4 Å². The van der Waals surface area contributed by atoms with E-state index in [0.717, 1.165) is 25.0 Å². The Balaban J connectivity index is 1.61. The second-order valence-electron chi connectivity index (χ2n) is 5.82. The van der Waals surface area contributed by atoms with Crippen molar-refractivity contribution < 1.29 is 18.4 Å². The van der Waals surface area contributed by atoms with Crippen LogP contribution in [0.4, 0.5) is 20.2 Å². The van der Waals surface area contributed by atoms with Crippen molar-refractivity contribution in [2.45, 2.75) is 18.9 Å². The summed E-state index contributed by atoms with van der Waals surface area (Å²) in [7, 11) is 0. The van der Waals surface area contributed by atoms with Crippen molar-refractivity contribution >= 4 is 23.2 Å². The molecule has 0 saturated heterocycles. The summed E-state index contributed by atoms with van der Waals surface area (Å²) in [6.45, 7) is -0.162. The van der Waals surface area contributed by atoms with Gasteiger partial charge < -0.3 is 16.0 Å². The second kappa shape index (κ2) is 7.29. The Kier molecular flexibility index (Phi) is 4.92. The summed E-state index contributed by atoms with van der Waals surface area (Å²) >= 11 is 0. The van der Waals surface area contributed by atoms with Crippen molar-refractivity contribution in [2.24, 2.45) is 0 Å². The molecular weight excluding hydrogens is 328 g/mol. The molecule has 1 aliphatic rings. The average molecular weight is 345 g/mol. The van der Waals surface area contributed by atoms with Crippen LogP contribution in [0.5, 0.6) is 0 Å². The minimum Gasteiger partial charge on any atom is -0.376 e. The maximum Gasteiger partial charge on any atom is 0.253 e. The third-order valence-corrected chi connectivity index (χ3v) is 3.73. The third kappa shape index (κ3) is 4.53. The van der Waals surface area contributed by atoms with Gasteiger partial charge in [0.1, 0.15) is 11.6 Å². The predicted molar refractivity (Wildman–Crippen MR) is 90.4 cm³/mol. The van der Waals surface area contributed by atoms with Gasteiger partial charge in [-0.3, -0.25) is 9.59 Å². The van der Waals surface area contributed by atoms with E-state index in [0.29, 0.717) is 17.3 Å². The number of amides is 2. The predicted octanol–water partition coefficient (Wildman–Crippen LogP) is 2.91. The molecule has 2 aromatic rings. The number of hydrogen-bond donors (Lipinski definition) is 3. The molecule has 0 aliphatic heterocycles. The van der Waals surface area contributed by atoms with E-state index in [2.05, 4.69) is 16.0 Å². The highest BCUT2D eigenvalue weighted by atomic mass is 19.1. The normalized spacial score (nSPS) is 13.2. The minimum absolute atomic E-state index is 0.104. The number of nitrogens with one attached hydrogen (secondary N) is 3. The van der Waals surface area contributed by atoms with Crippen molar-refractivity contribution in [3.63, 3.8) is 0 Å². The maximum atomic E-state index is 13.5. The monoisotopic (exact) mass is 345 g/mol. The number of para-hydroxylation sites is 1. The Morgan fingerprint density at radius 3 is 2.52 bits per heavy atom. The number of carbonyl (C=O) groups is 2. The van der Waals surface area contributed by atoms with Crippen LogP contribution in [0.3, 0.4) is 0 Å². The molecule has 0 atom stereocenters. The van der Waals surface area contributed by atoms with Gasteiger partial charge in [-0.1, -0.05) is 12.1 Å². The first-order valence-corrected chi connectivity index (χ1v) is 7.91. The summed E-state index contributed by atoms with van der Waals surface area (Å²) in [5.41, 5.74) is 0.846. The lowest BCUT2D eigenvalue weighted by molar-refractivity contribution is -0.114. The maximum absolute atomic E-state index is 13.5. The molecule has 3 N–H and O–H groups in total. The van der Waals surface area contributed by atoms with Gasteiger partial charge in [-0.15, -0.1) is 0 Å². The molecule has 0 unspecified atom stereocenters. The van der Waals surface area contributed by atoms with Gasteiger partial charge in [0.15, 0.2) is 0 Å². The van der Waals surface area contributed by atoms with Crippen LogP contribution in [0.1, 0.15) is 23.2 Å². The molecule has 130 valence electrons. The number of benzene rings is 2. The number of carbonyl (C=O) groups excluding carboxylic acids is 2. The molecule has 3 rings (SSSR count). The molecule has 2 aromatic carbocycles. The zero-order chi connectivity index (χ0) is 17.8. The fourth-order valence-corrected chi connectivity index (χ4v) is 2.29. The van der Waals surface area contributed by atoms with Crippen molar-refractivity contribution in [2.75, 3.05) is 17.2 Å². The number of anilines is 2. The standard InChI is InChI=1S/C18H17F2N3O2/c19-11-5-8-16(14(20)9-11)23-17(24)10-21-15-4-2-1-3-13(15)18(25)22-12-6-7-12/h1-5,8-9,12,21H,6-7,10H2,(H,22,25)(H,23,24). The van der Waals surface area contributed by atoms with Gasteiger partial charge in [0.05, 0.1) is 17.8 Å². The van der Waals surface area contributed by atoms with Crippen LogP contribution in [0.2, 0.25) is 0 Å². The van der Waals surface area contributed by atoms with E-state index in [1.807, 2.05) is 0 Å². The van der Waals surface area contributed by atoms with Crippen molar-refractivity contribution in [1.82, 2.24) is 5.32 Å². The first-order valence-electron chi connectivity index (χ1n) is 7.91. The second-order valence-corrected chi connectivity index (χ2v) is 5.82. The van der Waals surface area contributed by atoms with E-state index in [1.54, 1.807) is 24.3 Å². The van der Waals surface area contributed by atoms with Gasteiger partial charge >= 0.3 is 0 Å². The highest BCUT2D eigenvalue weighted by Gasteiger charge is 2.24. The van der Waals surface area contributed by atoms with Crippen molar-refractivity contribution in [3.8, 4) is 0 Å². The Morgan fingerprint density at radius 1 is 1.04 bits per heavy atom. The average Bonchev–Trinajstić information content (AvgIpc) is 3.40. The number of hydrogen-bond acceptors (Lipinski definition) is 3. The fraction of sp³-hybridized carbons (Fsp3) is 0.222. The van der Waals surface area contributed by atoms with E-state index >= 15 is 0 Å². The van der Waals surface area contributed by atoms with Gasteiger partial charge in [-0.25, -0.2) is 8.78 Å². The van der Waals surface area contributed by atoms with Crippen molar-refractivity contribution in [1.29, 1.82) is 0 Å². The van der Waals surface area contributed by atoms with E-state index in [-0.39, 0.29) is 24.2 Å². The Hall–Kier alpha value is -2.96. The first kappa shape index (κ1) is 16.9. The molecule has 1 fully saturated rings. The van der Waals surface area contributed by atoms with Crippen LogP contribution in [0.15, 0.2) is 42.5 Å². The SMILES string of the molecule is O=C(CNc1ccccc1C(=O)NC1CC1)Nc1ccc(F)cc1F. The van der Waals surface area contributed by atoms with Gasteiger partial charge in [0.25, 0.3) is 5.91 Å². The molecule has 0 heterocycles. The third-order valence-electron chi connectivity index (χ3n) is 3.73. The molecule has 1 saturated carbocycles. The summed E-state index contributed by atoms with van der Waals surface area (Å²) in [6.07, 6.45) is 1.96. The van der Waals surface area contributed by atoms with Crippen LogP contribution >= 0.6 is 0 Å². The highest BCUT2D eigenvalue weighted by molar-refractivity contribution is 6.01. The van der Waals surface area contributed by atoms with Gasteiger partial charge in [0.2, 0.25) is 5.91 Å². The van der Waals surface area contributed by atoms with Crippen LogP contribution in [-0.4, -0.2) is 24.4 Å². The molecule has 7 heteroatoms. The smallest absolute Gasteiger partial charge is 0.253 e. The summed E-state index contributed by atoms with van der Waals surface area (Å²) in [4.78, 5) is 24.1. The molecule has 25 heavy (non-hydrogen) atoms. The Labute approximate surface area is 143 Å². The number of halogens is 2. The fourth-order valence-electron chi connectivity index (χ4n) is 2.29. The van der Waals surface area contributed by atoms with Crippen molar-refractivity contribution in [3.05, 3.63) is 59.7 Å². The summed E-state index contributed by atoms with van der Waals surface area (Å²) < 4.78 is 26.4. The molecule has 2 amide bonds. The van der Waals surface area contributed by atoms with E-state index in [1.165, 1.54) is 0 Å². The Bertz CT molecular complexity index is 807. The number of rotatable bonds is 6. The van der Waals surface area contributed by atoms with E-state index in [4.69, 9.17) is 0 Å². The zero-order valence-electron chi connectivity index (χ0n) is 13.3. The molecular formula is C18H17F2N3O2. The summed E-state index contributed by atoms with van der Waals surface area (Å²) in [6, 6.07) is 9.97. The lowest BCUT2D eigenvalue weighted by Crippen LogP contribution is -2.27. The van der Waals surface area contributed by atoms with Gasteiger partial charge in [-0.2, -0.15) is 0 Å². The Morgan fingerprint density at radius 2 is 1.80 bits per heavy atom. The molecule has 0 bridgehead atoms. The minimum atomic E-state index is -0.849. The zero-order valence-corrected chi connectivity index (χ0v) is 13.3. The van der Waals surface area contributed by atoms with Crippen LogP contribution in [0, 0.1) is 11.6 Å². The topological polar surface area (TPSA) is 70.2 Å². The van der Waals surface area contributed by atoms with E-state index < -0.39 is 17.5 Å². The molecule has 0 radical (unpaired) electrons. The molecule has 0 aromatic heterocycles. The lowest BCUT2D eigenvalue weighted by Gasteiger charge is -2.12. The molecule has 5 nitrogen and oxygen atoms in total. The largest absolute Gasteiger partial charge is 0.376 e. The van der Waals surface area contributed by atoms with Crippen LogP contribution in [-0.2, 0) is 4.79 Å². The first-order chi connectivity index (χ1) is 12.0. The van der Waals surface area contributed by atoms with Crippen LogP contribution in [0.25, 0.3) is 0 Å². The quantitative estimate of drug-likeness (QED) is 0.754. The molecule has 1 aliphatic carbocycles. The lowest BCUT2D eigenvalue weighted by atomic mass is 10.1. The highest BCUT2D eigenvalue weighted by Crippen LogP contribution is 2.21. The van der Waals surface area contributed by atoms with Gasteiger partial charge in [-0.05, 0) is 37.1 Å².